The van der Waals surface area contributed by atoms with Crippen molar-refractivity contribution in [2.24, 2.45) is 7.05 Å². The average molecular weight is 359 g/mol. The Bertz CT molecular complexity index is 1110. The van der Waals surface area contributed by atoms with Crippen molar-refractivity contribution in [1.29, 1.82) is 0 Å². The van der Waals surface area contributed by atoms with Crippen molar-refractivity contribution in [2.75, 3.05) is 13.1 Å². The summed E-state index contributed by atoms with van der Waals surface area (Å²) in [4.78, 5) is 10.1. The number of H-pyrrole nitrogens is 2. The molecule has 0 fully saturated rings. The number of nitrogens with zero attached hydrogens (tertiary/aromatic N) is 5. The van der Waals surface area contributed by atoms with Crippen molar-refractivity contribution in [3.63, 3.8) is 0 Å². The van der Waals surface area contributed by atoms with Crippen LogP contribution in [0, 0.1) is 0 Å². The zero-order chi connectivity index (χ0) is 18.2. The number of hydrogen-bond donors (Lipinski definition) is 2. The Morgan fingerprint density at radius 1 is 1.26 bits per heavy atom. The van der Waals surface area contributed by atoms with Gasteiger partial charge in [-0.3, -0.25) is 14.7 Å². The van der Waals surface area contributed by atoms with Crippen LogP contribution in [0.4, 0.5) is 0 Å². The third-order valence-electron chi connectivity index (χ3n) is 5.17. The molecule has 5 heterocycles. The van der Waals surface area contributed by atoms with Crippen molar-refractivity contribution < 1.29 is 0 Å². The van der Waals surface area contributed by atoms with Crippen molar-refractivity contribution in [2.45, 2.75) is 13.0 Å². The molecule has 0 unspecified atom stereocenters. The van der Waals surface area contributed by atoms with Gasteiger partial charge in [-0.25, -0.2) is 4.98 Å². The summed E-state index contributed by atoms with van der Waals surface area (Å²) in [5.41, 5.74) is 6.74. The molecule has 4 aromatic rings. The number of aromatic nitrogens is 6. The van der Waals surface area contributed by atoms with Crippen LogP contribution in [0.1, 0.15) is 17.5 Å². The quantitative estimate of drug-likeness (QED) is 0.587. The molecular weight excluding hydrogens is 338 g/mol. The van der Waals surface area contributed by atoms with Gasteiger partial charge in [-0.1, -0.05) is 6.08 Å². The van der Waals surface area contributed by atoms with E-state index in [2.05, 4.69) is 48.5 Å². The number of fused-ring (bicyclic) bond motifs is 1. The first-order valence-corrected chi connectivity index (χ1v) is 9.14. The van der Waals surface area contributed by atoms with E-state index in [1.54, 1.807) is 0 Å². The second-order valence-corrected chi connectivity index (χ2v) is 6.96. The van der Waals surface area contributed by atoms with Gasteiger partial charge in [-0.05, 0) is 30.2 Å². The number of aromatic amines is 2. The number of aryl methyl sites for hydroxylation is 1. The minimum atomic E-state index is 0.863. The number of rotatable bonds is 4. The molecule has 0 saturated heterocycles. The fourth-order valence-corrected chi connectivity index (χ4v) is 3.76. The van der Waals surface area contributed by atoms with Crippen LogP contribution >= 0.6 is 0 Å². The lowest BCUT2D eigenvalue weighted by molar-refractivity contribution is 0.294. The minimum absolute atomic E-state index is 0.863. The lowest BCUT2D eigenvalue weighted by Crippen LogP contribution is -2.28. The lowest BCUT2D eigenvalue weighted by atomic mass is 9.99. The Hall–Kier alpha value is -3.19. The van der Waals surface area contributed by atoms with Gasteiger partial charge in [0, 0.05) is 61.8 Å². The molecule has 27 heavy (non-hydrogen) atoms. The van der Waals surface area contributed by atoms with Gasteiger partial charge in [0.1, 0.15) is 11.3 Å². The van der Waals surface area contributed by atoms with Crippen molar-refractivity contribution >= 4 is 16.6 Å². The SMILES string of the molecule is Cn1ccc(-c2[nH]ncc2CN2CC=C(c3c[nH]c4ncccc34)CC2)n1. The fraction of sp³-hybridized carbons (Fsp3) is 0.250. The molecule has 0 saturated carbocycles. The summed E-state index contributed by atoms with van der Waals surface area (Å²) in [5.74, 6) is 0. The summed E-state index contributed by atoms with van der Waals surface area (Å²) < 4.78 is 1.81. The Morgan fingerprint density at radius 2 is 2.22 bits per heavy atom. The molecule has 7 nitrogen and oxygen atoms in total. The molecule has 0 bridgehead atoms. The normalized spacial score (nSPS) is 15.4. The maximum absolute atomic E-state index is 4.49. The van der Waals surface area contributed by atoms with Crippen molar-refractivity contribution in [3.8, 4) is 11.4 Å². The van der Waals surface area contributed by atoms with E-state index in [0.29, 0.717) is 0 Å². The van der Waals surface area contributed by atoms with Gasteiger partial charge in [0.2, 0.25) is 0 Å². The second-order valence-electron chi connectivity index (χ2n) is 6.96. The Balaban J connectivity index is 1.33. The van der Waals surface area contributed by atoms with Gasteiger partial charge >= 0.3 is 0 Å². The molecule has 0 radical (unpaired) electrons. The highest BCUT2D eigenvalue weighted by atomic mass is 15.3. The summed E-state index contributed by atoms with van der Waals surface area (Å²) in [6.07, 6.45) is 11.1. The zero-order valence-electron chi connectivity index (χ0n) is 15.2. The molecule has 0 spiro atoms. The van der Waals surface area contributed by atoms with E-state index in [1.807, 2.05) is 42.5 Å². The van der Waals surface area contributed by atoms with Crippen LogP contribution in [0.5, 0.6) is 0 Å². The molecule has 136 valence electrons. The molecule has 1 aliphatic heterocycles. The standard InChI is InChI=1S/C20H21N7/c1-26-8-6-18(25-26)19-15(11-23-24-19)13-27-9-4-14(5-10-27)17-12-22-20-16(17)3-2-7-21-20/h2-4,6-8,11-12H,5,9-10,13H2,1H3,(H,21,22)(H,23,24). The summed E-state index contributed by atoms with van der Waals surface area (Å²) in [6, 6.07) is 6.13. The maximum Gasteiger partial charge on any atom is 0.137 e. The summed E-state index contributed by atoms with van der Waals surface area (Å²) in [5, 5.41) is 13.0. The van der Waals surface area contributed by atoms with Crippen LogP contribution in [-0.4, -0.2) is 47.9 Å². The molecule has 4 aromatic heterocycles. The molecule has 5 rings (SSSR count). The molecule has 1 aliphatic rings. The van der Waals surface area contributed by atoms with Crippen LogP contribution in [0.15, 0.2) is 49.1 Å². The van der Waals surface area contributed by atoms with E-state index < -0.39 is 0 Å². The van der Waals surface area contributed by atoms with Gasteiger partial charge < -0.3 is 4.98 Å². The smallest absolute Gasteiger partial charge is 0.137 e. The monoisotopic (exact) mass is 359 g/mol. The Labute approximate surface area is 156 Å². The number of pyridine rings is 1. The highest BCUT2D eigenvalue weighted by molar-refractivity contribution is 5.90. The van der Waals surface area contributed by atoms with Gasteiger partial charge in [0.25, 0.3) is 0 Å². The van der Waals surface area contributed by atoms with E-state index in [-0.39, 0.29) is 0 Å². The van der Waals surface area contributed by atoms with E-state index >= 15 is 0 Å². The van der Waals surface area contributed by atoms with E-state index in [1.165, 1.54) is 22.1 Å². The highest BCUT2D eigenvalue weighted by Crippen LogP contribution is 2.29. The van der Waals surface area contributed by atoms with Crippen LogP contribution in [0.3, 0.4) is 0 Å². The highest BCUT2D eigenvalue weighted by Gasteiger charge is 2.18. The maximum atomic E-state index is 4.49. The molecule has 2 N–H and O–H groups in total. The van der Waals surface area contributed by atoms with E-state index in [0.717, 1.165) is 43.1 Å². The average Bonchev–Trinajstić information content (AvgIpc) is 3.42. The largest absolute Gasteiger partial charge is 0.346 e. The fourth-order valence-electron chi connectivity index (χ4n) is 3.76. The molecule has 0 atom stereocenters. The summed E-state index contributed by atoms with van der Waals surface area (Å²) in [7, 11) is 1.93. The third kappa shape index (κ3) is 2.96. The molecule has 0 aliphatic carbocycles. The van der Waals surface area contributed by atoms with Crippen LogP contribution in [-0.2, 0) is 13.6 Å². The van der Waals surface area contributed by atoms with E-state index in [9.17, 15) is 0 Å². The summed E-state index contributed by atoms with van der Waals surface area (Å²) in [6.45, 7) is 2.81. The topological polar surface area (TPSA) is 78.4 Å². The molecule has 0 aromatic carbocycles. The van der Waals surface area contributed by atoms with Gasteiger partial charge in [0.05, 0.1) is 11.9 Å². The molecule has 7 heteroatoms. The molecule has 0 amide bonds. The number of nitrogens with one attached hydrogen (secondary N) is 2. The van der Waals surface area contributed by atoms with Crippen LogP contribution in [0.2, 0.25) is 0 Å². The predicted molar refractivity (Wildman–Crippen MR) is 105 cm³/mol. The Kier molecular flexibility index (Phi) is 3.86. The van der Waals surface area contributed by atoms with E-state index in [4.69, 9.17) is 0 Å². The first kappa shape index (κ1) is 16.0. The van der Waals surface area contributed by atoms with Crippen molar-refractivity contribution in [3.05, 3.63) is 60.2 Å². The first-order valence-electron chi connectivity index (χ1n) is 9.14. The third-order valence-corrected chi connectivity index (χ3v) is 5.17. The number of hydrogen-bond acceptors (Lipinski definition) is 4. The van der Waals surface area contributed by atoms with Crippen LogP contribution in [0.25, 0.3) is 28.0 Å². The Morgan fingerprint density at radius 3 is 3.04 bits per heavy atom. The predicted octanol–water partition coefficient (Wildman–Crippen LogP) is 2.98. The molecular formula is C20H21N7. The van der Waals surface area contributed by atoms with Gasteiger partial charge in [-0.15, -0.1) is 0 Å². The lowest BCUT2D eigenvalue weighted by Gasteiger charge is -2.26. The summed E-state index contributed by atoms with van der Waals surface area (Å²) >= 11 is 0. The van der Waals surface area contributed by atoms with Gasteiger partial charge in [0.15, 0.2) is 0 Å². The first-order chi connectivity index (χ1) is 13.3. The zero-order valence-corrected chi connectivity index (χ0v) is 15.2. The minimum Gasteiger partial charge on any atom is -0.346 e. The second kappa shape index (κ2) is 6.51. The van der Waals surface area contributed by atoms with Crippen molar-refractivity contribution in [1.82, 2.24) is 34.8 Å². The van der Waals surface area contributed by atoms with Crippen LogP contribution < -0.4 is 0 Å². The van der Waals surface area contributed by atoms with Gasteiger partial charge in [-0.2, -0.15) is 10.2 Å².